The number of Topliss-reactive ketones (excluding diaryl/α,β-unsaturated/α-hetero) is 1. The number of hydrogen-bond donors (Lipinski definition) is 3. The molecule has 0 aromatic heterocycles. The molecule has 8 heteroatoms. The summed E-state index contributed by atoms with van der Waals surface area (Å²) in [6, 6.07) is 9.74. The monoisotopic (exact) mass is 632 g/mol. The maximum atomic E-state index is 13.4. The molecule has 3 N–H and O–H groups in total. The molecule has 0 spiro atoms. The summed E-state index contributed by atoms with van der Waals surface area (Å²) >= 11 is 0. The first kappa shape index (κ1) is 33.9. The summed E-state index contributed by atoms with van der Waals surface area (Å²) in [5.41, 5.74) is 1.40. The van der Waals surface area contributed by atoms with Crippen LogP contribution in [0.4, 0.5) is 0 Å². The SMILES string of the molecule is C=C(C)[C@@]1(C)[C@@H]([C@@H]2C=C(COC(=O)CC3=CC(OC)=C(O)CC3)C[C@]3(O)C(=O)C(C)=C[C@H]3C2C)OC(O)(Cc2ccccc2)[C@H]1C. The Balaban J connectivity index is 1.47. The fourth-order valence-electron chi connectivity index (χ4n) is 8.09. The highest BCUT2D eigenvalue weighted by Gasteiger charge is 2.63. The number of allylic oxidation sites excluding steroid dienone is 2. The van der Waals surface area contributed by atoms with Crippen LogP contribution in [0.1, 0.15) is 65.9 Å². The van der Waals surface area contributed by atoms with Crippen LogP contribution in [0.15, 0.2) is 88.9 Å². The van der Waals surface area contributed by atoms with Gasteiger partial charge < -0.3 is 29.5 Å². The second-order valence-corrected chi connectivity index (χ2v) is 14.1. The van der Waals surface area contributed by atoms with E-state index in [0.29, 0.717) is 36.2 Å². The van der Waals surface area contributed by atoms with Crippen LogP contribution in [0, 0.1) is 29.1 Å². The molecule has 5 rings (SSSR count). The molecular weight excluding hydrogens is 584 g/mol. The van der Waals surface area contributed by atoms with Crippen LogP contribution in [0.3, 0.4) is 0 Å². The molecule has 1 aromatic carbocycles. The standard InChI is InChI=1S/C38H48O8/c1-22(2)36(6)25(5)38(43,20-26-11-9-8-10-12-26)46-35(36)29-16-28(19-37(42)30(24(29)4)15-23(3)34(37)41)21-45-33(40)18-27-13-14-31(39)32(17-27)44-7/h8-12,15-17,24-25,29-30,35,39,42-43H,1,13-14,18-21H2,2-7H3/t24?,25-,29+,30-,35+,36+,37+,38?/m0/s1. The number of hydrogen-bond acceptors (Lipinski definition) is 8. The first-order valence-electron chi connectivity index (χ1n) is 16.2. The van der Waals surface area contributed by atoms with Crippen molar-refractivity contribution < 1.29 is 39.1 Å². The lowest BCUT2D eigenvalue weighted by Crippen LogP contribution is -2.47. The van der Waals surface area contributed by atoms with E-state index in [4.69, 9.17) is 14.2 Å². The van der Waals surface area contributed by atoms with Crippen molar-refractivity contribution in [1.29, 1.82) is 0 Å². The largest absolute Gasteiger partial charge is 0.508 e. The minimum atomic E-state index is -1.68. The molecule has 2 unspecified atom stereocenters. The number of aliphatic hydroxyl groups excluding tert-OH is 1. The molecule has 4 aliphatic rings. The molecular formula is C38H48O8. The van der Waals surface area contributed by atoms with Gasteiger partial charge in [-0.25, -0.2) is 0 Å². The molecule has 1 aromatic rings. The van der Waals surface area contributed by atoms with E-state index in [1.807, 2.05) is 63.3 Å². The maximum Gasteiger partial charge on any atom is 0.310 e. The van der Waals surface area contributed by atoms with Gasteiger partial charge >= 0.3 is 5.97 Å². The third-order valence-electron chi connectivity index (χ3n) is 11.2. The van der Waals surface area contributed by atoms with Crippen molar-refractivity contribution in [2.75, 3.05) is 13.7 Å². The molecule has 0 radical (unpaired) electrons. The fraction of sp³-hybridized carbons (Fsp3) is 0.526. The zero-order valence-electron chi connectivity index (χ0n) is 27.8. The number of ketones is 1. The Hall–Kier alpha value is -3.46. The van der Waals surface area contributed by atoms with Gasteiger partial charge in [-0.2, -0.15) is 0 Å². The van der Waals surface area contributed by atoms with E-state index < -0.39 is 34.8 Å². The van der Waals surface area contributed by atoms with Gasteiger partial charge in [0, 0.05) is 42.4 Å². The van der Waals surface area contributed by atoms with Gasteiger partial charge in [-0.1, -0.05) is 81.0 Å². The van der Waals surface area contributed by atoms with Gasteiger partial charge in [0.25, 0.3) is 0 Å². The molecule has 1 heterocycles. The number of benzene rings is 1. The van der Waals surface area contributed by atoms with Crippen LogP contribution < -0.4 is 0 Å². The van der Waals surface area contributed by atoms with Crippen molar-refractivity contribution >= 4 is 11.8 Å². The van der Waals surface area contributed by atoms with Crippen LogP contribution in [-0.2, 0) is 30.2 Å². The van der Waals surface area contributed by atoms with Crippen molar-refractivity contribution in [3.63, 3.8) is 0 Å². The lowest BCUT2D eigenvalue weighted by Gasteiger charge is -2.41. The summed E-state index contributed by atoms with van der Waals surface area (Å²) in [6.07, 6.45) is 6.23. The highest BCUT2D eigenvalue weighted by Crippen LogP contribution is 2.58. The zero-order chi connectivity index (χ0) is 33.6. The molecule has 0 bridgehead atoms. The van der Waals surface area contributed by atoms with E-state index in [0.717, 1.165) is 16.7 Å². The number of ether oxygens (including phenoxy) is 3. The number of methoxy groups -OCH3 is 1. The predicted molar refractivity (Wildman–Crippen MR) is 174 cm³/mol. The van der Waals surface area contributed by atoms with Crippen LogP contribution >= 0.6 is 0 Å². The smallest absolute Gasteiger partial charge is 0.310 e. The summed E-state index contributed by atoms with van der Waals surface area (Å²) in [6.45, 7) is 14.0. The Morgan fingerprint density at radius 2 is 1.80 bits per heavy atom. The summed E-state index contributed by atoms with van der Waals surface area (Å²) < 4.78 is 17.7. The van der Waals surface area contributed by atoms with Gasteiger partial charge in [0.1, 0.15) is 18.0 Å². The molecule has 248 valence electrons. The quantitative estimate of drug-likeness (QED) is 0.222. The van der Waals surface area contributed by atoms with Gasteiger partial charge in [-0.05, 0) is 49.0 Å². The van der Waals surface area contributed by atoms with Crippen molar-refractivity contribution in [3.8, 4) is 0 Å². The molecule has 46 heavy (non-hydrogen) atoms. The lowest BCUT2D eigenvalue weighted by atomic mass is 9.62. The third kappa shape index (κ3) is 5.91. The minimum absolute atomic E-state index is 0.0198. The normalized spacial score (nSPS) is 36.0. The number of carbonyl (C=O) groups is 2. The Morgan fingerprint density at radius 3 is 2.46 bits per heavy atom. The maximum absolute atomic E-state index is 13.4. The average molecular weight is 633 g/mol. The van der Waals surface area contributed by atoms with Gasteiger partial charge in [-0.15, -0.1) is 0 Å². The number of rotatable bonds is 9. The molecule has 3 aliphatic carbocycles. The summed E-state index contributed by atoms with van der Waals surface area (Å²) in [5.74, 6) is -3.21. The van der Waals surface area contributed by atoms with Crippen LogP contribution in [0.25, 0.3) is 0 Å². The minimum Gasteiger partial charge on any atom is -0.508 e. The number of carbonyl (C=O) groups excluding carboxylic acids is 2. The first-order chi connectivity index (χ1) is 21.6. The van der Waals surface area contributed by atoms with E-state index in [1.165, 1.54) is 7.11 Å². The van der Waals surface area contributed by atoms with E-state index >= 15 is 0 Å². The molecule has 1 fully saturated rings. The molecule has 8 nitrogen and oxygen atoms in total. The predicted octanol–water partition coefficient (Wildman–Crippen LogP) is 6.06. The highest BCUT2D eigenvalue weighted by molar-refractivity contribution is 6.04. The van der Waals surface area contributed by atoms with E-state index in [9.17, 15) is 24.9 Å². The van der Waals surface area contributed by atoms with Crippen molar-refractivity contribution in [2.45, 2.75) is 84.2 Å². The van der Waals surface area contributed by atoms with Gasteiger partial charge in [0.15, 0.2) is 17.3 Å². The average Bonchev–Trinajstić information content (AvgIpc) is 3.31. The summed E-state index contributed by atoms with van der Waals surface area (Å²) in [7, 11) is 1.47. The van der Waals surface area contributed by atoms with Gasteiger partial charge in [0.2, 0.25) is 0 Å². The number of fused-ring (bicyclic) bond motifs is 1. The number of esters is 1. The Morgan fingerprint density at radius 1 is 1.11 bits per heavy atom. The topological polar surface area (TPSA) is 123 Å². The number of aliphatic hydroxyl groups is 3. The van der Waals surface area contributed by atoms with E-state index in [2.05, 4.69) is 13.5 Å². The lowest BCUT2D eigenvalue weighted by molar-refractivity contribution is -0.216. The van der Waals surface area contributed by atoms with Crippen LogP contribution in [0.5, 0.6) is 0 Å². The van der Waals surface area contributed by atoms with Crippen LogP contribution in [0.2, 0.25) is 0 Å². The summed E-state index contributed by atoms with van der Waals surface area (Å²) in [4.78, 5) is 26.4. The van der Waals surface area contributed by atoms with Crippen molar-refractivity contribution in [2.24, 2.45) is 29.1 Å². The third-order valence-corrected chi connectivity index (χ3v) is 11.2. The van der Waals surface area contributed by atoms with E-state index in [-0.39, 0.29) is 48.7 Å². The highest BCUT2D eigenvalue weighted by atomic mass is 16.6. The second kappa shape index (κ2) is 12.6. The zero-order valence-corrected chi connectivity index (χ0v) is 27.8. The van der Waals surface area contributed by atoms with Gasteiger partial charge in [0.05, 0.1) is 19.6 Å². The molecule has 1 saturated heterocycles. The molecule has 1 aliphatic heterocycles. The Labute approximate surface area is 272 Å². The first-order valence-corrected chi connectivity index (χ1v) is 16.2. The van der Waals surface area contributed by atoms with Crippen molar-refractivity contribution in [3.05, 3.63) is 94.5 Å². The summed E-state index contributed by atoms with van der Waals surface area (Å²) in [5, 5.41) is 34.1. The van der Waals surface area contributed by atoms with Crippen LogP contribution in [-0.4, -0.2) is 58.3 Å². The van der Waals surface area contributed by atoms with Crippen molar-refractivity contribution in [1.82, 2.24) is 0 Å². The van der Waals surface area contributed by atoms with E-state index in [1.54, 1.807) is 13.0 Å². The second-order valence-electron chi connectivity index (χ2n) is 14.1. The fourth-order valence-corrected chi connectivity index (χ4v) is 8.09. The molecule has 0 amide bonds. The Bertz CT molecular complexity index is 1520. The molecule has 8 atom stereocenters. The van der Waals surface area contributed by atoms with Gasteiger partial charge in [-0.3, -0.25) is 9.59 Å². The molecule has 0 saturated carbocycles. The Kier molecular flexibility index (Phi) is 9.30.